The van der Waals surface area contributed by atoms with E-state index in [1.165, 1.54) is 23.0 Å². The smallest absolute Gasteiger partial charge is 0.338 e. The molecule has 1 aliphatic rings. The number of esters is 1. The molecule has 6 rings (SSSR count). The van der Waals surface area contributed by atoms with Crippen LogP contribution in [0, 0.1) is 11.3 Å². The van der Waals surface area contributed by atoms with E-state index in [2.05, 4.69) is 6.07 Å². The Balaban J connectivity index is 1.47. The Morgan fingerprint density at radius 3 is 2.41 bits per heavy atom. The standard InChI is InChI=1S/C38H30ClN3O6S/c1-4-47-37(44)32-33(26-8-6-5-7-9-26)41-38-42(34(32)27-14-16-28(45-2)17-15-27)36(43)31(49-38)20-25-18-29(39)35(30(19-25)46-3)48-22-24-12-10-23(21-40)11-13-24/h5-20,34H,4,22H2,1-3H3/b31-20-/t34-/m1/s1. The largest absolute Gasteiger partial charge is 0.497 e. The molecule has 0 saturated carbocycles. The van der Waals surface area contributed by atoms with Crippen LogP contribution in [0.2, 0.25) is 5.02 Å². The van der Waals surface area contributed by atoms with Crippen molar-refractivity contribution in [2.45, 2.75) is 19.6 Å². The van der Waals surface area contributed by atoms with Crippen molar-refractivity contribution in [3.63, 3.8) is 0 Å². The zero-order valence-electron chi connectivity index (χ0n) is 26.8. The first-order valence-corrected chi connectivity index (χ1v) is 16.5. The molecule has 0 fully saturated rings. The van der Waals surface area contributed by atoms with E-state index in [9.17, 15) is 9.59 Å². The van der Waals surface area contributed by atoms with Gasteiger partial charge in [-0.05, 0) is 66.1 Å². The normalized spacial score (nSPS) is 14.0. The Kier molecular flexibility index (Phi) is 9.95. The van der Waals surface area contributed by atoms with Gasteiger partial charge in [0, 0.05) is 5.56 Å². The molecule has 0 spiro atoms. The van der Waals surface area contributed by atoms with E-state index >= 15 is 0 Å². The van der Waals surface area contributed by atoms with Crippen LogP contribution >= 0.6 is 22.9 Å². The molecule has 0 amide bonds. The number of carbonyl (C=O) groups is 1. The number of halogens is 1. The summed E-state index contributed by atoms with van der Waals surface area (Å²) in [6.45, 7) is 2.10. The van der Waals surface area contributed by atoms with Crippen LogP contribution in [0.15, 0.2) is 106 Å². The molecule has 0 N–H and O–H groups in total. The topological polar surface area (TPSA) is 112 Å². The van der Waals surface area contributed by atoms with Crippen LogP contribution in [0.5, 0.6) is 17.2 Å². The van der Waals surface area contributed by atoms with Crippen molar-refractivity contribution in [1.29, 1.82) is 5.26 Å². The highest BCUT2D eigenvalue weighted by atomic mass is 35.5. The van der Waals surface area contributed by atoms with Gasteiger partial charge in [0.2, 0.25) is 0 Å². The number of hydrogen-bond acceptors (Lipinski definition) is 9. The van der Waals surface area contributed by atoms with Crippen LogP contribution in [-0.4, -0.2) is 31.4 Å². The van der Waals surface area contributed by atoms with E-state index in [0.29, 0.717) is 54.0 Å². The van der Waals surface area contributed by atoms with Crippen LogP contribution in [0.4, 0.5) is 0 Å². The number of nitriles is 1. The molecule has 2 heterocycles. The lowest BCUT2D eigenvalue weighted by molar-refractivity contribution is -0.138. The minimum Gasteiger partial charge on any atom is -0.497 e. The maximum absolute atomic E-state index is 14.3. The summed E-state index contributed by atoms with van der Waals surface area (Å²) in [5.41, 5.74) is 3.76. The first-order chi connectivity index (χ1) is 23.8. The molecule has 5 aromatic rings. The van der Waals surface area contributed by atoms with Gasteiger partial charge in [0.15, 0.2) is 16.3 Å². The second kappa shape index (κ2) is 14.6. The molecule has 0 unspecified atom stereocenters. The van der Waals surface area contributed by atoms with E-state index in [0.717, 1.165) is 11.1 Å². The first kappa shape index (κ1) is 33.3. The van der Waals surface area contributed by atoms with Gasteiger partial charge in [-0.15, -0.1) is 0 Å². The number of thiazole rings is 1. The number of rotatable bonds is 10. The number of nitrogens with zero attached hydrogens (tertiary/aromatic N) is 3. The zero-order chi connectivity index (χ0) is 34.5. The van der Waals surface area contributed by atoms with Gasteiger partial charge in [-0.2, -0.15) is 5.26 Å². The first-order valence-electron chi connectivity index (χ1n) is 15.3. The molecule has 11 heteroatoms. The molecule has 1 aromatic heterocycles. The van der Waals surface area contributed by atoms with Gasteiger partial charge in [0.25, 0.3) is 5.56 Å². The van der Waals surface area contributed by atoms with Crippen molar-refractivity contribution in [3.8, 4) is 23.3 Å². The molecule has 9 nitrogen and oxygen atoms in total. The average Bonchev–Trinajstić information content (AvgIpc) is 3.44. The minimum atomic E-state index is -0.824. The molecule has 246 valence electrons. The molecule has 1 aliphatic heterocycles. The van der Waals surface area contributed by atoms with Crippen molar-refractivity contribution >= 4 is 40.7 Å². The molecule has 0 aliphatic carbocycles. The van der Waals surface area contributed by atoms with Crippen molar-refractivity contribution in [3.05, 3.63) is 149 Å². The zero-order valence-corrected chi connectivity index (χ0v) is 28.4. The van der Waals surface area contributed by atoms with E-state index in [1.54, 1.807) is 56.5 Å². The number of benzene rings is 4. The summed E-state index contributed by atoms with van der Waals surface area (Å²) in [7, 11) is 3.08. The fourth-order valence-corrected chi connectivity index (χ4v) is 6.76. The maximum atomic E-state index is 14.3. The number of methoxy groups -OCH3 is 2. The molecule has 4 aromatic carbocycles. The Morgan fingerprint density at radius 2 is 1.76 bits per heavy atom. The third-order valence-corrected chi connectivity index (χ3v) is 9.08. The van der Waals surface area contributed by atoms with Crippen LogP contribution in [0.3, 0.4) is 0 Å². The van der Waals surface area contributed by atoms with Crippen molar-refractivity contribution in [1.82, 2.24) is 4.57 Å². The van der Waals surface area contributed by atoms with Gasteiger partial charge < -0.3 is 18.9 Å². The van der Waals surface area contributed by atoms with E-state index in [4.69, 9.17) is 40.8 Å². The van der Waals surface area contributed by atoms with Crippen molar-refractivity contribution < 1.29 is 23.7 Å². The fourth-order valence-electron chi connectivity index (χ4n) is 5.49. The van der Waals surface area contributed by atoms with Gasteiger partial charge in [-0.3, -0.25) is 9.36 Å². The lowest BCUT2D eigenvalue weighted by atomic mass is 9.93. The molecule has 0 saturated heterocycles. The van der Waals surface area contributed by atoms with E-state index in [-0.39, 0.29) is 24.3 Å². The summed E-state index contributed by atoms with van der Waals surface area (Å²) in [5.74, 6) is 0.801. The highest BCUT2D eigenvalue weighted by Gasteiger charge is 2.35. The third kappa shape index (κ3) is 6.85. The highest BCUT2D eigenvalue weighted by Crippen LogP contribution is 2.38. The van der Waals surface area contributed by atoms with E-state index < -0.39 is 12.0 Å². The van der Waals surface area contributed by atoms with E-state index in [1.807, 2.05) is 54.6 Å². The molecular formula is C38H30ClN3O6S. The highest BCUT2D eigenvalue weighted by molar-refractivity contribution is 7.07. The molecular weight excluding hydrogens is 662 g/mol. The van der Waals surface area contributed by atoms with Gasteiger partial charge >= 0.3 is 5.97 Å². The molecule has 49 heavy (non-hydrogen) atoms. The monoisotopic (exact) mass is 691 g/mol. The van der Waals surface area contributed by atoms with Gasteiger partial charge in [-0.1, -0.05) is 77.5 Å². The molecule has 0 radical (unpaired) electrons. The molecule has 1 atom stereocenters. The predicted molar refractivity (Wildman–Crippen MR) is 188 cm³/mol. The summed E-state index contributed by atoms with van der Waals surface area (Å²) >= 11 is 7.90. The van der Waals surface area contributed by atoms with Crippen molar-refractivity contribution in [2.24, 2.45) is 4.99 Å². The van der Waals surface area contributed by atoms with Crippen LogP contribution < -0.4 is 29.1 Å². The van der Waals surface area contributed by atoms with Gasteiger partial charge in [-0.25, -0.2) is 9.79 Å². The van der Waals surface area contributed by atoms with Crippen LogP contribution in [0.25, 0.3) is 11.8 Å². The average molecular weight is 692 g/mol. The number of aromatic nitrogens is 1. The summed E-state index contributed by atoms with van der Waals surface area (Å²) < 4.78 is 24.5. The van der Waals surface area contributed by atoms with Crippen LogP contribution in [-0.2, 0) is 16.1 Å². The third-order valence-electron chi connectivity index (χ3n) is 7.82. The maximum Gasteiger partial charge on any atom is 0.338 e. The Hall–Kier alpha value is -5.63. The Bertz CT molecular complexity index is 2270. The summed E-state index contributed by atoms with van der Waals surface area (Å²) in [6, 6.07) is 28.3. The number of ether oxygens (including phenoxy) is 4. The molecule has 0 bridgehead atoms. The summed E-state index contributed by atoms with van der Waals surface area (Å²) in [6.07, 6.45) is 1.71. The fraction of sp³-hybridized carbons (Fsp3) is 0.158. The lowest BCUT2D eigenvalue weighted by Gasteiger charge is -2.26. The Labute approximate surface area is 291 Å². The number of carbonyl (C=O) groups excluding carboxylic acids is 1. The second-order valence-electron chi connectivity index (χ2n) is 10.8. The quantitative estimate of drug-likeness (QED) is 0.164. The number of fused-ring (bicyclic) bond motifs is 1. The lowest BCUT2D eigenvalue weighted by Crippen LogP contribution is -2.40. The second-order valence-corrected chi connectivity index (χ2v) is 12.3. The Morgan fingerprint density at radius 1 is 1.02 bits per heavy atom. The van der Waals surface area contributed by atoms with Gasteiger partial charge in [0.1, 0.15) is 12.4 Å². The van der Waals surface area contributed by atoms with Crippen molar-refractivity contribution in [2.75, 3.05) is 20.8 Å². The van der Waals surface area contributed by atoms with Crippen LogP contribution in [0.1, 0.15) is 40.8 Å². The van der Waals surface area contributed by atoms with Gasteiger partial charge in [0.05, 0.1) is 59.3 Å². The minimum absolute atomic E-state index is 0.153. The summed E-state index contributed by atoms with van der Waals surface area (Å²) in [4.78, 5) is 33.3. The summed E-state index contributed by atoms with van der Waals surface area (Å²) in [5, 5.41) is 9.36. The SMILES string of the molecule is CCOC(=O)C1=C(c2ccccc2)N=c2s/c(=C\c3cc(Cl)c(OCc4ccc(C#N)cc4)c(OC)c3)c(=O)n2[C@@H]1c1ccc(OC)cc1. The number of hydrogen-bond donors (Lipinski definition) is 0. The predicted octanol–water partition coefficient (Wildman–Crippen LogP) is 6.06.